The van der Waals surface area contributed by atoms with Crippen molar-refractivity contribution in [1.82, 2.24) is 0 Å². The largest absolute Gasteiger partial charge is 0.357 e. The Morgan fingerprint density at radius 3 is 1.88 bits per heavy atom. The van der Waals surface area contributed by atoms with Gasteiger partial charge in [0.25, 0.3) is 0 Å². The first-order chi connectivity index (χ1) is 7.73. The van der Waals surface area contributed by atoms with Crippen LogP contribution in [0, 0.1) is 0 Å². The molecule has 1 aromatic rings. The van der Waals surface area contributed by atoms with Gasteiger partial charge in [0.05, 0.1) is 5.60 Å². The molecule has 17 heavy (non-hydrogen) atoms. The highest BCUT2D eigenvalue weighted by Crippen LogP contribution is 2.56. The zero-order valence-electron chi connectivity index (χ0n) is 11.3. The molecule has 1 fully saturated rings. The third kappa shape index (κ3) is 2.14. The Bertz CT molecular complexity index is 414. The SMILES string of the molecule is CC(C)(C)c1ccc([C@]2(CI)OC2(C)C)cc1. The molecule has 0 amide bonds. The second-order valence-corrected chi connectivity index (χ2v) is 7.16. The molecule has 0 aliphatic carbocycles. The lowest BCUT2D eigenvalue weighted by Crippen LogP contribution is -2.20. The van der Waals surface area contributed by atoms with Crippen LogP contribution in [0.1, 0.15) is 45.7 Å². The van der Waals surface area contributed by atoms with Crippen molar-refractivity contribution in [3.8, 4) is 0 Å². The third-order valence-electron chi connectivity index (χ3n) is 3.77. The van der Waals surface area contributed by atoms with Gasteiger partial charge in [-0.25, -0.2) is 0 Å². The number of halogens is 1. The van der Waals surface area contributed by atoms with Crippen LogP contribution in [0.25, 0.3) is 0 Å². The van der Waals surface area contributed by atoms with Crippen LogP contribution >= 0.6 is 22.6 Å². The summed E-state index contributed by atoms with van der Waals surface area (Å²) in [6, 6.07) is 8.93. The van der Waals surface area contributed by atoms with E-state index in [2.05, 4.69) is 81.5 Å². The zero-order chi connectivity index (χ0) is 12.9. The highest BCUT2D eigenvalue weighted by Gasteiger charge is 2.63. The van der Waals surface area contributed by atoms with Gasteiger partial charge in [-0.15, -0.1) is 0 Å². The minimum absolute atomic E-state index is 0.0164. The van der Waals surface area contributed by atoms with Crippen molar-refractivity contribution in [2.75, 3.05) is 4.43 Å². The van der Waals surface area contributed by atoms with Crippen LogP contribution in [0.5, 0.6) is 0 Å². The van der Waals surface area contributed by atoms with Crippen molar-refractivity contribution in [3.05, 3.63) is 35.4 Å². The Kier molecular flexibility index (Phi) is 3.10. The molecule has 1 heterocycles. The van der Waals surface area contributed by atoms with Gasteiger partial charge in [-0.1, -0.05) is 67.6 Å². The monoisotopic (exact) mass is 344 g/mol. The molecule has 0 N–H and O–H groups in total. The molecular formula is C15H21IO. The fourth-order valence-electron chi connectivity index (χ4n) is 2.32. The summed E-state index contributed by atoms with van der Waals surface area (Å²) in [7, 11) is 0. The Hall–Kier alpha value is -0.0900. The second kappa shape index (κ2) is 3.95. The van der Waals surface area contributed by atoms with Crippen LogP contribution < -0.4 is 0 Å². The standard InChI is InChI=1S/C15H21IO/c1-13(2,3)11-6-8-12(9-7-11)15(10-16)14(4,5)17-15/h6-9H,10H2,1-5H3/t15-/m0/s1. The predicted molar refractivity (Wildman–Crippen MR) is 80.9 cm³/mol. The lowest BCUT2D eigenvalue weighted by atomic mass is 9.84. The van der Waals surface area contributed by atoms with Gasteiger partial charge in [0, 0.05) is 4.43 Å². The van der Waals surface area contributed by atoms with Crippen molar-refractivity contribution in [2.24, 2.45) is 0 Å². The highest BCUT2D eigenvalue weighted by atomic mass is 127. The van der Waals surface area contributed by atoms with Crippen LogP contribution in [0.4, 0.5) is 0 Å². The molecule has 0 spiro atoms. The van der Waals surface area contributed by atoms with E-state index in [4.69, 9.17) is 4.74 Å². The number of alkyl halides is 1. The Morgan fingerprint density at radius 2 is 1.59 bits per heavy atom. The van der Waals surface area contributed by atoms with E-state index in [9.17, 15) is 0 Å². The molecule has 0 saturated carbocycles. The van der Waals surface area contributed by atoms with E-state index in [-0.39, 0.29) is 16.6 Å². The molecule has 0 radical (unpaired) electrons. The smallest absolute Gasteiger partial charge is 0.131 e. The van der Waals surface area contributed by atoms with E-state index in [0.717, 1.165) is 4.43 Å². The first-order valence-electron chi connectivity index (χ1n) is 6.10. The van der Waals surface area contributed by atoms with E-state index in [1.54, 1.807) is 0 Å². The predicted octanol–water partition coefficient (Wildman–Crippen LogP) is 4.42. The second-order valence-electron chi connectivity index (χ2n) is 6.40. The van der Waals surface area contributed by atoms with Crippen molar-refractivity contribution in [3.63, 3.8) is 0 Å². The van der Waals surface area contributed by atoms with Gasteiger partial charge in [0.15, 0.2) is 0 Å². The summed E-state index contributed by atoms with van der Waals surface area (Å²) in [5, 5.41) is 0. The molecule has 2 heteroatoms. The average molecular weight is 344 g/mol. The van der Waals surface area contributed by atoms with Crippen LogP contribution in [0.3, 0.4) is 0 Å². The molecule has 1 aliphatic rings. The topological polar surface area (TPSA) is 12.5 Å². The van der Waals surface area contributed by atoms with Gasteiger partial charge < -0.3 is 4.74 Å². The number of ether oxygens (including phenoxy) is 1. The Labute approximate surface area is 118 Å². The molecule has 94 valence electrons. The molecule has 1 saturated heterocycles. The minimum Gasteiger partial charge on any atom is -0.357 e. The molecule has 0 bridgehead atoms. The maximum atomic E-state index is 5.95. The first kappa shape index (κ1) is 13.3. The Balaban J connectivity index is 2.31. The molecule has 0 unspecified atom stereocenters. The third-order valence-corrected chi connectivity index (χ3v) is 4.84. The highest BCUT2D eigenvalue weighted by molar-refractivity contribution is 14.1. The molecule has 1 aromatic carbocycles. The van der Waals surface area contributed by atoms with E-state index < -0.39 is 0 Å². The van der Waals surface area contributed by atoms with Crippen molar-refractivity contribution >= 4 is 22.6 Å². The molecule has 0 aromatic heterocycles. The lowest BCUT2D eigenvalue weighted by molar-refractivity contribution is 0.292. The molecule has 1 aliphatic heterocycles. The Morgan fingerprint density at radius 1 is 1.12 bits per heavy atom. The van der Waals surface area contributed by atoms with E-state index in [0.29, 0.717) is 0 Å². The van der Waals surface area contributed by atoms with Gasteiger partial charge in [-0.2, -0.15) is 0 Å². The number of benzene rings is 1. The van der Waals surface area contributed by atoms with E-state index in [1.165, 1.54) is 11.1 Å². The van der Waals surface area contributed by atoms with E-state index >= 15 is 0 Å². The van der Waals surface area contributed by atoms with Crippen molar-refractivity contribution in [2.45, 2.75) is 51.2 Å². The van der Waals surface area contributed by atoms with Gasteiger partial charge in [-0.05, 0) is 30.4 Å². The first-order valence-corrected chi connectivity index (χ1v) is 7.63. The summed E-state index contributed by atoms with van der Waals surface area (Å²) in [5.74, 6) is 0. The summed E-state index contributed by atoms with van der Waals surface area (Å²) in [5.41, 5.74) is 2.82. The van der Waals surface area contributed by atoms with E-state index in [1.807, 2.05) is 0 Å². The molecular weight excluding hydrogens is 323 g/mol. The molecule has 2 rings (SSSR count). The van der Waals surface area contributed by atoms with Gasteiger partial charge in [0.2, 0.25) is 0 Å². The van der Waals surface area contributed by atoms with Gasteiger partial charge in [-0.3, -0.25) is 0 Å². The van der Waals surface area contributed by atoms with Gasteiger partial charge in [0.1, 0.15) is 5.60 Å². The van der Waals surface area contributed by atoms with Crippen molar-refractivity contribution in [1.29, 1.82) is 0 Å². The fraction of sp³-hybridized carbons (Fsp3) is 0.600. The van der Waals surface area contributed by atoms with Crippen LogP contribution in [0.15, 0.2) is 24.3 Å². The maximum Gasteiger partial charge on any atom is 0.131 e. The maximum absolute atomic E-state index is 5.95. The summed E-state index contributed by atoms with van der Waals surface area (Å²) < 4.78 is 6.95. The van der Waals surface area contributed by atoms with Crippen LogP contribution in [-0.2, 0) is 15.8 Å². The van der Waals surface area contributed by atoms with Crippen LogP contribution in [-0.4, -0.2) is 10.0 Å². The van der Waals surface area contributed by atoms with Crippen LogP contribution in [0.2, 0.25) is 0 Å². The summed E-state index contributed by atoms with van der Waals surface area (Å²) in [6.07, 6.45) is 0. The van der Waals surface area contributed by atoms with Gasteiger partial charge >= 0.3 is 0 Å². The number of rotatable bonds is 2. The van der Waals surface area contributed by atoms with Crippen molar-refractivity contribution < 1.29 is 4.74 Å². The molecule has 1 nitrogen and oxygen atoms in total. The quantitative estimate of drug-likeness (QED) is 0.439. The minimum atomic E-state index is -0.0655. The number of hydrogen-bond donors (Lipinski definition) is 0. The molecule has 1 atom stereocenters. The number of epoxide rings is 1. The lowest BCUT2D eigenvalue weighted by Gasteiger charge is -2.20. The normalized spacial score (nSPS) is 26.9. The number of hydrogen-bond acceptors (Lipinski definition) is 1. The zero-order valence-corrected chi connectivity index (χ0v) is 13.5. The average Bonchev–Trinajstić information content (AvgIpc) is 2.81. The summed E-state index contributed by atoms with van der Waals surface area (Å²) >= 11 is 2.42. The summed E-state index contributed by atoms with van der Waals surface area (Å²) in [6.45, 7) is 11.1. The summed E-state index contributed by atoms with van der Waals surface area (Å²) in [4.78, 5) is 0. The fourth-order valence-corrected chi connectivity index (χ4v) is 3.84.